The van der Waals surface area contributed by atoms with Gasteiger partial charge in [-0.1, -0.05) is 18.2 Å². The van der Waals surface area contributed by atoms with Crippen LogP contribution in [-0.2, 0) is 0 Å². The average molecular weight is 432 g/mol. The predicted octanol–water partition coefficient (Wildman–Crippen LogP) is 7.77. The van der Waals surface area contributed by atoms with Crippen molar-refractivity contribution in [1.82, 2.24) is 14.4 Å². The van der Waals surface area contributed by atoms with Crippen molar-refractivity contribution in [2.24, 2.45) is 0 Å². The number of hydrogen-bond donors (Lipinski definition) is 0. The summed E-state index contributed by atoms with van der Waals surface area (Å²) in [5.41, 5.74) is 3.14. The minimum atomic E-state index is 0.959. The lowest BCUT2D eigenvalue weighted by Crippen LogP contribution is -1.92. The topological polar surface area (TPSA) is 30.2 Å². The first-order valence-corrected chi connectivity index (χ1v) is 11.8. The van der Waals surface area contributed by atoms with Crippen LogP contribution in [0, 0.1) is 0 Å². The molecule has 5 aromatic heterocycles. The Morgan fingerprint density at radius 2 is 1.48 bits per heavy atom. The highest BCUT2D eigenvalue weighted by Crippen LogP contribution is 2.45. The number of hydrogen-bond acceptors (Lipinski definition) is 4. The number of benzene rings is 3. The summed E-state index contributed by atoms with van der Waals surface area (Å²) in [6.07, 6.45) is 5.81. The number of pyridine rings is 2. The fraction of sp³-hybridized carbons (Fsp3) is 0. The molecule has 0 aliphatic rings. The molecule has 5 heteroatoms. The highest BCUT2D eigenvalue weighted by Gasteiger charge is 2.17. The Balaban J connectivity index is 1.68. The molecule has 3 nitrogen and oxygen atoms in total. The van der Waals surface area contributed by atoms with Crippen molar-refractivity contribution in [3.63, 3.8) is 0 Å². The van der Waals surface area contributed by atoms with Crippen molar-refractivity contribution in [2.45, 2.75) is 0 Å². The fourth-order valence-electron chi connectivity index (χ4n) is 5.00. The number of nitrogens with zero attached hydrogens (tertiary/aromatic N) is 3. The Bertz CT molecular complexity index is 2010. The number of imidazole rings is 1. The molecule has 0 atom stereocenters. The third-order valence-corrected chi connectivity index (χ3v) is 8.55. The van der Waals surface area contributed by atoms with Gasteiger partial charge < -0.3 is 0 Å². The molecule has 0 fully saturated rings. The second kappa shape index (κ2) is 5.58. The molecule has 0 bridgehead atoms. The molecule has 0 amide bonds. The minimum Gasteiger partial charge on any atom is -0.299 e. The molecule has 144 valence electrons. The average Bonchev–Trinajstić information content (AvgIpc) is 3.52. The zero-order chi connectivity index (χ0) is 20.1. The summed E-state index contributed by atoms with van der Waals surface area (Å²) in [6, 6.07) is 22.1. The second-order valence-electron chi connectivity index (χ2n) is 7.90. The molecule has 5 heterocycles. The quantitative estimate of drug-likeness (QED) is 0.230. The normalized spacial score (nSPS) is 12.5. The molecule has 31 heavy (non-hydrogen) atoms. The Morgan fingerprint density at radius 3 is 2.48 bits per heavy atom. The highest BCUT2D eigenvalue weighted by molar-refractivity contribution is 7.28. The van der Waals surface area contributed by atoms with Crippen molar-refractivity contribution in [2.75, 3.05) is 0 Å². The zero-order valence-corrected chi connectivity index (χ0v) is 17.8. The molecular formula is C26H13N3S2. The van der Waals surface area contributed by atoms with Crippen LogP contribution in [0.25, 0.3) is 67.8 Å². The van der Waals surface area contributed by atoms with E-state index in [2.05, 4.69) is 70.2 Å². The Kier molecular flexibility index (Phi) is 2.91. The van der Waals surface area contributed by atoms with Crippen molar-refractivity contribution in [3.05, 3.63) is 79.3 Å². The van der Waals surface area contributed by atoms with Gasteiger partial charge in [0.1, 0.15) is 5.65 Å². The van der Waals surface area contributed by atoms with E-state index in [1.165, 1.54) is 45.7 Å². The maximum absolute atomic E-state index is 4.83. The van der Waals surface area contributed by atoms with Gasteiger partial charge in [0.25, 0.3) is 0 Å². The number of thiophene rings is 2. The van der Waals surface area contributed by atoms with E-state index >= 15 is 0 Å². The molecule has 0 saturated carbocycles. The third-order valence-electron chi connectivity index (χ3n) is 6.30. The van der Waals surface area contributed by atoms with E-state index in [1.54, 1.807) is 0 Å². The van der Waals surface area contributed by atoms with Gasteiger partial charge in [0.2, 0.25) is 0 Å². The lowest BCUT2D eigenvalue weighted by Gasteiger charge is -2.09. The predicted molar refractivity (Wildman–Crippen MR) is 134 cm³/mol. The Morgan fingerprint density at radius 1 is 0.613 bits per heavy atom. The van der Waals surface area contributed by atoms with Crippen LogP contribution >= 0.6 is 22.7 Å². The summed E-state index contributed by atoms with van der Waals surface area (Å²) in [7, 11) is 0. The Labute approximate surface area is 183 Å². The van der Waals surface area contributed by atoms with Gasteiger partial charge in [0.05, 0.1) is 11.0 Å². The van der Waals surface area contributed by atoms with E-state index in [9.17, 15) is 0 Å². The summed E-state index contributed by atoms with van der Waals surface area (Å²) in [4.78, 5) is 9.45. The molecule has 8 aromatic rings. The van der Waals surface area contributed by atoms with Crippen LogP contribution in [0.1, 0.15) is 0 Å². The van der Waals surface area contributed by atoms with Gasteiger partial charge in [-0.05, 0) is 42.5 Å². The maximum Gasteiger partial charge on any atom is 0.146 e. The molecule has 0 radical (unpaired) electrons. The van der Waals surface area contributed by atoms with Crippen LogP contribution in [-0.4, -0.2) is 14.4 Å². The van der Waals surface area contributed by atoms with E-state index in [4.69, 9.17) is 4.98 Å². The van der Waals surface area contributed by atoms with E-state index in [0.717, 1.165) is 22.1 Å². The molecule has 0 spiro atoms. The van der Waals surface area contributed by atoms with Gasteiger partial charge in [0, 0.05) is 69.7 Å². The van der Waals surface area contributed by atoms with Gasteiger partial charge in [-0.3, -0.25) is 9.38 Å². The molecule has 0 aliphatic heterocycles. The molecule has 0 unspecified atom stereocenters. The fourth-order valence-corrected chi connectivity index (χ4v) is 7.34. The van der Waals surface area contributed by atoms with Crippen LogP contribution in [0.15, 0.2) is 79.3 Å². The largest absolute Gasteiger partial charge is 0.299 e. The minimum absolute atomic E-state index is 0.959. The molecule has 0 saturated heterocycles. The van der Waals surface area contributed by atoms with Gasteiger partial charge in [-0.2, -0.15) is 0 Å². The second-order valence-corrected chi connectivity index (χ2v) is 10.1. The number of aromatic nitrogens is 3. The van der Waals surface area contributed by atoms with Crippen LogP contribution in [0.3, 0.4) is 0 Å². The molecule has 0 N–H and O–H groups in total. The highest BCUT2D eigenvalue weighted by atomic mass is 32.1. The monoisotopic (exact) mass is 431 g/mol. The molecule has 3 aromatic carbocycles. The summed E-state index contributed by atoms with van der Waals surface area (Å²) in [5, 5.41) is 7.59. The van der Waals surface area contributed by atoms with E-state index < -0.39 is 0 Å². The van der Waals surface area contributed by atoms with E-state index in [1.807, 2.05) is 41.1 Å². The van der Waals surface area contributed by atoms with Gasteiger partial charge in [0.15, 0.2) is 0 Å². The first kappa shape index (κ1) is 16.2. The SMILES string of the molecule is c1ccc2c(c1)sc1cc3sc4ccc5c(c6ncccc6c6nccn56)c4c3cc12. The molecular weight excluding hydrogens is 418 g/mol. The number of fused-ring (bicyclic) bond motifs is 13. The lowest BCUT2D eigenvalue weighted by molar-refractivity contribution is 1.27. The lowest BCUT2D eigenvalue weighted by atomic mass is 10.0. The molecule has 0 aliphatic carbocycles. The van der Waals surface area contributed by atoms with Crippen molar-refractivity contribution in [3.8, 4) is 0 Å². The summed E-state index contributed by atoms with van der Waals surface area (Å²) in [6.45, 7) is 0. The molecule has 8 rings (SSSR count). The van der Waals surface area contributed by atoms with Crippen LogP contribution in [0.2, 0.25) is 0 Å². The first-order valence-electron chi connectivity index (χ1n) is 10.2. The van der Waals surface area contributed by atoms with Gasteiger partial charge in [-0.25, -0.2) is 4.98 Å². The van der Waals surface area contributed by atoms with Crippen molar-refractivity contribution in [1.29, 1.82) is 0 Å². The standard InChI is InChI=1S/C26H13N3S2/c1-2-6-19-14(4-1)16-12-17-22(13-21(16)30-19)31-20-8-7-18-24(23(17)20)25-15(5-3-9-27-25)26-28-10-11-29(18)26/h1-13H. The Hall–Kier alpha value is -3.54. The zero-order valence-electron chi connectivity index (χ0n) is 16.2. The van der Waals surface area contributed by atoms with E-state index in [0.29, 0.717) is 0 Å². The van der Waals surface area contributed by atoms with Gasteiger partial charge >= 0.3 is 0 Å². The van der Waals surface area contributed by atoms with Crippen molar-refractivity contribution >= 4 is 90.5 Å². The summed E-state index contributed by atoms with van der Waals surface area (Å²) < 4.78 is 7.52. The smallest absolute Gasteiger partial charge is 0.146 e. The summed E-state index contributed by atoms with van der Waals surface area (Å²) in [5.74, 6) is 0. The number of rotatable bonds is 0. The third kappa shape index (κ3) is 1.98. The summed E-state index contributed by atoms with van der Waals surface area (Å²) >= 11 is 3.75. The maximum atomic E-state index is 4.83. The van der Waals surface area contributed by atoms with E-state index in [-0.39, 0.29) is 0 Å². The van der Waals surface area contributed by atoms with Gasteiger partial charge in [-0.15, -0.1) is 22.7 Å². The van der Waals surface area contributed by atoms with Crippen LogP contribution in [0.4, 0.5) is 0 Å². The van der Waals surface area contributed by atoms with Crippen LogP contribution in [0.5, 0.6) is 0 Å². The van der Waals surface area contributed by atoms with Crippen LogP contribution < -0.4 is 0 Å². The van der Waals surface area contributed by atoms with Crippen molar-refractivity contribution < 1.29 is 0 Å². The first-order chi connectivity index (χ1) is 15.4.